The number of aromatic hydroxyl groups is 1. The number of aliphatic imine (C=N–C) groups is 2. The molecule has 1 radical (unpaired) electrons. The Hall–Kier alpha value is -1.89. The molecule has 3 aromatic rings. The summed E-state index contributed by atoms with van der Waals surface area (Å²) < 4.78 is 0. The number of hydrogen-bond acceptors (Lipinski definition) is 4. The van der Waals surface area contributed by atoms with Crippen molar-refractivity contribution in [2.24, 2.45) is 9.98 Å². The fraction of sp³-hybridized carbons (Fsp3) is 0. The van der Waals surface area contributed by atoms with Crippen LogP contribution in [0, 0.1) is 0 Å². The van der Waals surface area contributed by atoms with Gasteiger partial charge in [0.05, 0.1) is 11.4 Å². The van der Waals surface area contributed by atoms with Gasteiger partial charge in [0.1, 0.15) is 5.75 Å². The van der Waals surface area contributed by atoms with Crippen LogP contribution in [-0.2, 0) is 16.8 Å². The smallest absolute Gasteiger partial charge is 0.872 e. The molecule has 26 heavy (non-hydrogen) atoms. The van der Waals surface area contributed by atoms with Gasteiger partial charge in [0.2, 0.25) is 0 Å². The summed E-state index contributed by atoms with van der Waals surface area (Å²) in [6, 6.07) is 21.1. The van der Waals surface area contributed by atoms with Crippen LogP contribution in [-0.4, -0.2) is 17.5 Å². The van der Waals surface area contributed by atoms with Crippen molar-refractivity contribution in [3.63, 3.8) is 0 Å². The van der Waals surface area contributed by atoms with Gasteiger partial charge in [-0.3, -0.25) is 9.98 Å². The standard InChI is InChI=1S/C20H16N2O2.Co.Na/c23-19-11-5-1-7-15(19)13-21-17-9-3-4-10-18(17)22-14-16-8-2-6-12-20(16)24;;/h1-14,23-24H;;/q;;+1/p-1. The van der Waals surface area contributed by atoms with Gasteiger partial charge in [-0.05, 0) is 29.8 Å². The van der Waals surface area contributed by atoms with Crippen molar-refractivity contribution in [2.75, 3.05) is 0 Å². The molecule has 0 aromatic heterocycles. The molecule has 0 atom stereocenters. The maximum Gasteiger partial charge on any atom is 1.00 e. The Morgan fingerprint density at radius 3 is 1.73 bits per heavy atom. The van der Waals surface area contributed by atoms with E-state index >= 15 is 0 Å². The summed E-state index contributed by atoms with van der Waals surface area (Å²) in [4.78, 5) is 8.77. The zero-order valence-corrected chi connectivity index (χ0v) is 17.2. The van der Waals surface area contributed by atoms with E-state index in [1.54, 1.807) is 42.6 Å². The molecule has 0 unspecified atom stereocenters. The van der Waals surface area contributed by atoms with Gasteiger partial charge in [0.15, 0.2) is 0 Å². The van der Waals surface area contributed by atoms with E-state index in [-0.39, 0.29) is 57.8 Å². The van der Waals surface area contributed by atoms with E-state index in [1.165, 1.54) is 12.3 Å². The zero-order chi connectivity index (χ0) is 16.8. The molecule has 6 heteroatoms. The predicted octanol–water partition coefficient (Wildman–Crippen LogP) is 0.969. The Morgan fingerprint density at radius 2 is 1.15 bits per heavy atom. The van der Waals surface area contributed by atoms with Crippen molar-refractivity contribution in [1.82, 2.24) is 0 Å². The van der Waals surface area contributed by atoms with Crippen molar-refractivity contribution in [3.05, 3.63) is 83.9 Å². The third-order valence-corrected chi connectivity index (χ3v) is 3.42. The van der Waals surface area contributed by atoms with Gasteiger partial charge in [-0.25, -0.2) is 0 Å². The molecule has 0 bridgehead atoms. The summed E-state index contributed by atoms with van der Waals surface area (Å²) >= 11 is 0. The first kappa shape index (κ1) is 22.1. The van der Waals surface area contributed by atoms with Crippen LogP contribution >= 0.6 is 0 Å². The molecule has 0 saturated carbocycles. The number of hydrogen-bond donors (Lipinski definition) is 1. The molecule has 3 rings (SSSR count). The van der Waals surface area contributed by atoms with Gasteiger partial charge in [0.25, 0.3) is 0 Å². The van der Waals surface area contributed by atoms with E-state index in [9.17, 15) is 10.2 Å². The largest absolute Gasteiger partial charge is 1.00 e. The maximum atomic E-state index is 11.7. The van der Waals surface area contributed by atoms with E-state index in [0.29, 0.717) is 22.5 Å². The third kappa shape index (κ3) is 5.83. The summed E-state index contributed by atoms with van der Waals surface area (Å²) in [6.07, 6.45) is 3.13. The average molecular weight is 397 g/mol. The molecule has 3 aromatic carbocycles. The summed E-state index contributed by atoms with van der Waals surface area (Å²) in [5.41, 5.74) is 2.45. The van der Waals surface area contributed by atoms with Crippen LogP contribution in [0.25, 0.3) is 0 Å². The van der Waals surface area contributed by atoms with Gasteiger partial charge in [-0.2, -0.15) is 0 Å². The van der Waals surface area contributed by atoms with Crippen LogP contribution in [0.2, 0.25) is 0 Å². The Labute approximate surface area is 184 Å². The minimum atomic E-state index is -0.0727. The van der Waals surface area contributed by atoms with Gasteiger partial charge >= 0.3 is 29.6 Å². The third-order valence-electron chi connectivity index (χ3n) is 3.42. The van der Waals surface area contributed by atoms with Gasteiger partial charge in [0, 0.05) is 34.8 Å². The molecule has 0 aliphatic rings. The first-order valence-corrected chi connectivity index (χ1v) is 7.45. The quantitative estimate of drug-likeness (QED) is 0.527. The first-order valence-electron chi connectivity index (χ1n) is 7.45. The fourth-order valence-corrected chi connectivity index (χ4v) is 2.14. The molecule has 0 fully saturated rings. The second-order valence-corrected chi connectivity index (χ2v) is 5.10. The van der Waals surface area contributed by atoms with Crippen LogP contribution in [0.1, 0.15) is 11.1 Å². The number of rotatable bonds is 4. The summed E-state index contributed by atoms with van der Waals surface area (Å²) in [6.45, 7) is 0. The Kier molecular flexibility index (Phi) is 9.33. The Morgan fingerprint density at radius 1 is 0.692 bits per heavy atom. The van der Waals surface area contributed by atoms with Crippen molar-refractivity contribution in [1.29, 1.82) is 0 Å². The minimum Gasteiger partial charge on any atom is -0.872 e. The molecule has 0 saturated heterocycles. The number of nitrogens with zero attached hydrogens (tertiary/aromatic N) is 2. The summed E-state index contributed by atoms with van der Waals surface area (Å²) in [5, 5.41) is 21.5. The van der Waals surface area contributed by atoms with Crippen LogP contribution < -0.4 is 34.7 Å². The Bertz CT molecular complexity index is 839. The van der Waals surface area contributed by atoms with Gasteiger partial charge < -0.3 is 10.2 Å². The number of phenolic OH excluding ortho intramolecular Hbond substituents is 1. The Balaban J connectivity index is 0.00000169. The van der Waals surface area contributed by atoms with E-state index in [2.05, 4.69) is 9.98 Å². The minimum absolute atomic E-state index is 0. The maximum absolute atomic E-state index is 11.7. The van der Waals surface area contributed by atoms with Gasteiger partial charge in [-0.1, -0.05) is 48.5 Å². The summed E-state index contributed by atoms with van der Waals surface area (Å²) in [5.74, 6) is 0.0963. The van der Waals surface area contributed by atoms with Crippen LogP contribution in [0.4, 0.5) is 11.4 Å². The topological polar surface area (TPSA) is 68.0 Å². The molecular weight excluding hydrogens is 382 g/mol. The number of phenols is 1. The average Bonchev–Trinajstić information content (AvgIpc) is 2.61. The predicted molar refractivity (Wildman–Crippen MR) is 94.9 cm³/mol. The van der Waals surface area contributed by atoms with E-state index in [0.717, 1.165) is 0 Å². The van der Waals surface area contributed by atoms with Crippen molar-refractivity contribution in [2.45, 2.75) is 0 Å². The molecule has 0 spiro atoms. The van der Waals surface area contributed by atoms with E-state index in [1.807, 2.05) is 30.3 Å². The fourth-order valence-electron chi connectivity index (χ4n) is 2.14. The van der Waals surface area contributed by atoms with Crippen molar-refractivity contribution < 1.29 is 56.5 Å². The number of benzene rings is 3. The van der Waals surface area contributed by atoms with Crippen molar-refractivity contribution in [3.8, 4) is 11.5 Å². The van der Waals surface area contributed by atoms with Crippen LogP contribution in [0.5, 0.6) is 11.5 Å². The number of para-hydroxylation sites is 4. The van der Waals surface area contributed by atoms with Crippen molar-refractivity contribution >= 4 is 23.8 Å². The SMILES string of the molecule is [Co].[Na+].[O-]c1ccccc1C=Nc1ccccc1N=Cc1ccccc1O. The zero-order valence-electron chi connectivity index (χ0n) is 14.2. The molecule has 127 valence electrons. The normalized spacial score (nSPS) is 10.5. The molecule has 0 aliphatic carbocycles. The molecule has 0 heterocycles. The summed E-state index contributed by atoms with van der Waals surface area (Å²) in [7, 11) is 0. The van der Waals surface area contributed by atoms with E-state index in [4.69, 9.17) is 0 Å². The first-order chi connectivity index (χ1) is 11.7. The van der Waals surface area contributed by atoms with Crippen LogP contribution in [0.3, 0.4) is 0 Å². The molecule has 1 N–H and O–H groups in total. The monoisotopic (exact) mass is 397 g/mol. The molecule has 4 nitrogen and oxygen atoms in total. The second-order valence-electron chi connectivity index (χ2n) is 5.10. The molecular formula is C20H15CoN2NaO2. The molecule has 0 aliphatic heterocycles. The molecule has 0 amide bonds. The second kappa shape index (κ2) is 11.0. The van der Waals surface area contributed by atoms with E-state index < -0.39 is 0 Å². The van der Waals surface area contributed by atoms with Gasteiger partial charge in [-0.15, -0.1) is 5.75 Å². The van der Waals surface area contributed by atoms with Crippen LogP contribution in [0.15, 0.2) is 82.8 Å².